The first-order valence-electron chi connectivity index (χ1n) is 11.9. The van der Waals surface area contributed by atoms with Gasteiger partial charge in [-0.3, -0.25) is 9.52 Å². The first-order valence-corrected chi connectivity index (χ1v) is 13.2. The molecule has 5 rings (SSSR count). The van der Waals surface area contributed by atoms with Crippen molar-refractivity contribution in [3.8, 4) is 0 Å². The number of rotatable bonds is 7. The van der Waals surface area contributed by atoms with Crippen LogP contribution in [0.5, 0.6) is 0 Å². The molecule has 2 saturated carbocycles. The molecule has 0 bridgehead atoms. The van der Waals surface area contributed by atoms with Crippen LogP contribution in [-0.4, -0.2) is 29.6 Å². The van der Waals surface area contributed by atoms with E-state index in [0.717, 1.165) is 44.1 Å². The summed E-state index contributed by atoms with van der Waals surface area (Å²) in [6, 6.07) is 15.5. The van der Waals surface area contributed by atoms with Crippen molar-refractivity contribution in [2.45, 2.75) is 81.4 Å². The Kier molecular flexibility index (Phi) is 6.54. The van der Waals surface area contributed by atoms with E-state index in [2.05, 4.69) is 58.0 Å². The maximum absolute atomic E-state index is 13.4. The minimum atomic E-state index is 0.0780. The molecule has 3 aliphatic rings. The molecule has 1 aromatic carbocycles. The molecule has 1 aliphatic heterocycles. The normalized spacial score (nSPS) is 28.3. The summed E-state index contributed by atoms with van der Waals surface area (Å²) in [5.74, 6) is 1.14. The van der Waals surface area contributed by atoms with E-state index in [4.69, 9.17) is 4.74 Å². The fourth-order valence-corrected chi connectivity index (χ4v) is 6.14. The maximum Gasteiger partial charge on any atom is 0.254 e. The zero-order valence-corrected chi connectivity index (χ0v) is 19.3. The van der Waals surface area contributed by atoms with Gasteiger partial charge in [-0.2, -0.15) is 0 Å². The van der Waals surface area contributed by atoms with Crippen molar-refractivity contribution >= 4 is 11.9 Å². The van der Waals surface area contributed by atoms with Crippen LogP contribution in [-0.2, 0) is 11.2 Å². The van der Waals surface area contributed by atoms with Gasteiger partial charge in [-0.05, 0) is 81.1 Å². The van der Waals surface area contributed by atoms with E-state index in [9.17, 15) is 4.79 Å². The number of pyridine rings is 1. The quantitative estimate of drug-likeness (QED) is 0.604. The number of aromatic nitrogens is 1. The van der Waals surface area contributed by atoms with Crippen molar-refractivity contribution in [1.29, 1.82) is 0 Å². The molecule has 2 unspecified atom stereocenters. The molecule has 2 aliphatic carbocycles. The minimum Gasteiger partial charge on any atom is -0.376 e. The van der Waals surface area contributed by atoms with Crippen LogP contribution < -0.4 is 10.3 Å². The van der Waals surface area contributed by atoms with Gasteiger partial charge in [0.2, 0.25) is 0 Å². The highest BCUT2D eigenvalue weighted by molar-refractivity contribution is 7.96. The zero-order valence-electron chi connectivity index (χ0n) is 18.5. The highest BCUT2D eigenvalue weighted by Gasteiger charge is 2.34. The second-order valence-corrected chi connectivity index (χ2v) is 10.1. The lowest BCUT2D eigenvalue weighted by Gasteiger charge is -2.37. The summed E-state index contributed by atoms with van der Waals surface area (Å²) in [5.41, 5.74) is 3.89. The van der Waals surface area contributed by atoms with Gasteiger partial charge in [0.1, 0.15) is 0 Å². The summed E-state index contributed by atoms with van der Waals surface area (Å²) in [7, 11) is 0. The van der Waals surface area contributed by atoms with Crippen molar-refractivity contribution in [2.75, 3.05) is 12.9 Å². The molecule has 0 spiro atoms. The van der Waals surface area contributed by atoms with E-state index < -0.39 is 0 Å². The van der Waals surface area contributed by atoms with E-state index in [1.807, 2.05) is 0 Å². The van der Waals surface area contributed by atoms with Crippen molar-refractivity contribution in [3.05, 3.63) is 69.6 Å². The first kappa shape index (κ1) is 21.3. The fourth-order valence-electron chi connectivity index (χ4n) is 5.56. The Morgan fingerprint density at radius 1 is 0.968 bits per heavy atom. The summed E-state index contributed by atoms with van der Waals surface area (Å²) in [6.07, 6.45) is 11.3. The number of aryl methyl sites for hydroxylation is 1. The molecule has 2 fully saturated rings. The summed E-state index contributed by atoms with van der Waals surface area (Å²) in [4.78, 5) is 13.4. The lowest BCUT2D eigenvalue weighted by Crippen LogP contribution is -2.46. The van der Waals surface area contributed by atoms with Gasteiger partial charge in [-0.1, -0.05) is 48.3 Å². The minimum absolute atomic E-state index is 0.0780. The van der Waals surface area contributed by atoms with Crippen molar-refractivity contribution < 1.29 is 4.74 Å². The molecular weight excluding hydrogens is 404 g/mol. The Labute approximate surface area is 189 Å². The standard InChI is InChI=1S/C26H34N2O2S/c1-31-27-24-16-12-21-11-15-23(20-7-8-20)26(29)28(21)25(24)17-30-22-13-9-19(10-14-22)18-5-3-2-4-6-18/h2-6,11,15,19-20,22,24-25,27H,7-10,12-14,16-17H2,1H3. The number of nitrogens with zero attached hydrogens (tertiary/aromatic N) is 1. The van der Waals surface area contributed by atoms with Crippen LogP contribution in [0.3, 0.4) is 0 Å². The van der Waals surface area contributed by atoms with Crippen molar-refractivity contribution in [3.63, 3.8) is 0 Å². The molecule has 4 nitrogen and oxygen atoms in total. The van der Waals surface area contributed by atoms with Crippen LogP contribution in [0, 0.1) is 0 Å². The number of hydrogen-bond acceptors (Lipinski definition) is 4. The van der Waals surface area contributed by atoms with Crippen LogP contribution >= 0.6 is 11.9 Å². The summed E-state index contributed by atoms with van der Waals surface area (Å²) in [6.45, 7) is 0.625. The van der Waals surface area contributed by atoms with Crippen LogP contribution in [0.1, 0.15) is 79.6 Å². The smallest absolute Gasteiger partial charge is 0.254 e. The SMILES string of the molecule is CSNC1CCc2ccc(C3CC3)c(=O)n2C1COC1CCC(c2ccccc2)CC1. The fraction of sp³-hybridized carbons (Fsp3) is 0.577. The molecule has 0 radical (unpaired) electrons. The van der Waals surface area contributed by atoms with Crippen LogP contribution in [0.2, 0.25) is 0 Å². The Bertz CT molecular complexity index is 932. The van der Waals surface area contributed by atoms with Gasteiger partial charge in [-0.25, -0.2) is 0 Å². The predicted molar refractivity (Wildman–Crippen MR) is 128 cm³/mol. The molecular formula is C26H34N2O2S. The van der Waals surface area contributed by atoms with E-state index in [1.165, 1.54) is 24.1 Å². The Hall–Kier alpha value is -1.56. The monoisotopic (exact) mass is 438 g/mol. The maximum atomic E-state index is 13.4. The van der Waals surface area contributed by atoms with E-state index in [0.29, 0.717) is 24.5 Å². The number of hydrogen-bond donors (Lipinski definition) is 1. The van der Waals surface area contributed by atoms with E-state index >= 15 is 0 Å². The predicted octanol–water partition coefficient (Wildman–Crippen LogP) is 5.19. The molecule has 31 heavy (non-hydrogen) atoms. The van der Waals surface area contributed by atoms with Crippen LogP contribution in [0.15, 0.2) is 47.3 Å². The molecule has 1 N–H and O–H groups in total. The van der Waals surface area contributed by atoms with Gasteiger partial charge < -0.3 is 9.30 Å². The summed E-state index contributed by atoms with van der Waals surface area (Å²) in [5, 5.41) is 0. The lowest BCUT2D eigenvalue weighted by atomic mass is 9.83. The van der Waals surface area contributed by atoms with Gasteiger partial charge >= 0.3 is 0 Å². The summed E-state index contributed by atoms with van der Waals surface area (Å²) < 4.78 is 12.1. The number of nitrogens with one attached hydrogen (secondary N) is 1. The lowest BCUT2D eigenvalue weighted by molar-refractivity contribution is -0.00153. The number of ether oxygens (including phenoxy) is 1. The summed E-state index contributed by atoms with van der Waals surface area (Å²) >= 11 is 1.65. The molecule has 0 amide bonds. The highest BCUT2D eigenvalue weighted by Crippen LogP contribution is 2.39. The van der Waals surface area contributed by atoms with Gasteiger partial charge in [0, 0.05) is 17.3 Å². The first-order chi connectivity index (χ1) is 15.2. The third kappa shape index (κ3) is 4.64. The molecule has 2 aromatic rings. The van der Waals surface area contributed by atoms with E-state index in [-0.39, 0.29) is 17.6 Å². The van der Waals surface area contributed by atoms with Crippen molar-refractivity contribution in [2.24, 2.45) is 0 Å². The Balaban J connectivity index is 1.28. The molecule has 166 valence electrons. The molecule has 0 saturated heterocycles. The molecule has 1 aromatic heterocycles. The van der Waals surface area contributed by atoms with Crippen molar-refractivity contribution in [1.82, 2.24) is 9.29 Å². The number of benzene rings is 1. The van der Waals surface area contributed by atoms with Crippen LogP contribution in [0.4, 0.5) is 0 Å². The second-order valence-electron chi connectivity index (χ2n) is 9.48. The second kappa shape index (κ2) is 9.51. The highest BCUT2D eigenvalue weighted by atomic mass is 32.2. The molecule has 2 atom stereocenters. The average molecular weight is 439 g/mol. The van der Waals surface area contributed by atoms with Gasteiger partial charge in [0.25, 0.3) is 5.56 Å². The van der Waals surface area contributed by atoms with Gasteiger partial charge in [0.15, 0.2) is 0 Å². The topological polar surface area (TPSA) is 43.3 Å². The van der Waals surface area contributed by atoms with E-state index in [1.54, 1.807) is 11.9 Å². The van der Waals surface area contributed by atoms with Gasteiger partial charge in [-0.15, -0.1) is 0 Å². The largest absolute Gasteiger partial charge is 0.376 e. The molecule has 5 heteroatoms. The van der Waals surface area contributed by atoms with Crippen LogP contribution in [0.25, 0.3) is 0 Å². The molecule has 2 heterocycles. The Morgan fingerprint density at radius 3 is 2.42 bits per heavy atom. The van der Waals surface area contributed by atoms with Gasteiger partial charge in [0.05, 0.1) is 18.8 Å². The third-order valence-corrected chi connectivity index (χ3v) is 8.01. The zero-order chi connectivity index (χ0) is 21.2. The Morgan fingerprint density at radius 2 is 1.71 bits per heavy atom. The number of fused-ring (bicyclic) bond motifs is 1. The average Bonchev–Trinajstić information content (AvgIpc) is 3.65. The third-order valence-electron chi connectivity index (χ3n) is 7.47.